The molecule has 0 radical (unpaired) electrons. The third kappa shape index (κ3) is 3.82. The number of benzene rings is 1. The van der Waals surface area contributed by atoms with Gasteiger partial charge in [0.2, 0.25) is 5.91 Å². The molecule has 2 heterocycles. The highest BCUT2D eigenvalue weighted by Crippen LogP contribution is 2.28. The fourth-order valence-corrected chi connectivity index (χ4v) is 2.96. The van der Waals surface area contributed by atoms with Gasteiger partial charge in [-0.05, 0) is 30.5 Å². The third-order valence-electron chi connectivity index (χ3n) is 4.36. The van der Waals surface area contributed by atoms with E-state index in [1.54, 1.807) is 4.90 Å². The van der Waals surface area contributed by atoms with Crippen LogP contribution in [0, 0.1) is 0 Å². The van der Waals surface area contributed by atoms with E-state index in [0.717, 1.165) is 35.2 Å². The first-order valence-corrected chi connectivity index (χ1v) is 8.85. The van der Waals surface area contributed by atoms with Gasteiger partial charge in [0.25, 0.3) is 11.5 Å². The molecular formula is C19H22N4O3. The van der Waals surface area contributed by atoms with Crippen molar-refractivity contribution in [3.63, 3.8) is 0 Å². The molecule has 1 aromatic carbocycles. The molecule has 1 aromatic heterocycles. The zero-order chi connectivity index (χ0) is 18.5. The molecule has 0 fully saturated rings. The summed E-state index contributed by atoms with van der Waals surface area (Å²) < 4.78 is 1.04. The van der Waals surface area contributed by atoms with Crippen molar-refractivity contribution in [2.24, 2.45) is 0 Å². The quantitative estimate of drug-likeness (QED) is 0.794. The van der Waals surface area contributed by atoms with Crippen LogP contribution in [0.15, 0.2) is 41.2 Å². The van der Waals surface area contributed by atoms with Crippen molar-refractivity contribution in [3.8, 4) is 0 Å². The Kier molecular flexibility index (Phi) is 5.46. The Balaban J connectivity index is 1.76. The van der Waals surface area contributed by atoms with Gasteiger partial charge in [0, 0.05) is 24.8 Å². The second kappa shape index (κ2) is 7.95. The number of carbonyl (C=O) groups excluding carboxylic acids is 2. The number of hydrogen-bond donors (Lipinski definition) is 1. The standard InChI is InChI=1S/C19H22N4O3/c1-2-3-11-20-17(24)13-23-18(25)9-8-15(21-23)19(26)22-12-10-14-6-4-5-7-16(14)22/h4-9H,2-3,10-13H2,1H3,(H,20,24). The van der Waals surface area contributed by atoms with Crippen molar-refractivity contribution in [1.29, 1.82) is 0 Å². The summed E-state index contributed by atoms with van der Waals surface area (Å²) in [6.07, 6.45) is 2.64. The zero-order valence-electron chi connectivity index (χ0n) is 14.8. The summed E-state index contributed by atoms with van der Waals surface area (Å²) in [5.74, 6) is -0.556. The van der Waals surface area contributed by atoms with Crippen LogP contribution in [0.1, 0.15) is 35.8 Å². The van der Waals surface area contributed by atoms with Crippen LogP contribution >= 0.6 is 0 Å². The maximum atomic E-state index is 12.8. The van der Waals surface area contributed by atoms with E-state index >= 15 is 0 Å². The Morgan fingerprint density at radius 2 is 2.00 bits per heavy atom. The predicted molar refractivity (Wildman–Crippen MR) is 98.2 cm³/mol. The van der Waals surface area contributed by atoms with E-state index in [9.17, 15) is 14.4 Å². The minimum Gasteiger partial charge on any atom is -0.354 e. The minimum absolute atomic E-state index is 0.155. The van der Waals surface area contributed by atoms with Crippen LogP contribution < -0.4 is 15.8 Å². The molecule has 0 bridgehead atoms. The first-order valence-electron chi connectivity index (χ1n) is 8.85. The molecule has 7 heteroatoms. The number of rotatable bonds is 6. The SMILES string of the molecule is CCCCNC(=O)Cn1nc(C(=O)N2CCc3ccccc32)ccc1=O. The van der Waals surface area contributed by atoms with Gasteiger partial charge in [-0.2, -0.15) is 5.10 Å². The van der Waals surface area contributed by atoms with Gasteiger partial charge in [-0.1, -0.05) is 31.5 Å². The molecule has 0 saturated carbocycles. The van der Waals surface area contributed by atoms with Gasteiger partial charge >= 0.3 is 0 Å². The van der Waals surface area contributed by atoms with Crippen molar-refractivity contribution in [2.45, 2.75) is 32.7 Å². The second-order valence-corrected chi connectivity index (χ2v) is 6.25. The van der Waals surface area contributed by atoms with E-state index in [1.165, 1.54) is 12.1 Å². The lowest BCUT2D eigenvalue weighted by Gasteiger charge is -2.17. The van der Waals surface area contributed by atoms with Crippen molar-refractivity contribution in [3.05, 3.63) is 58.0 Å². The van der Waals surface area contributed by atoms with Crippen LogP contribution in [-0.2, 0) is 17.8 Å². The fourth-order valence-electron chi connectivity index (χ4n) is 2.96. The molecule has 3 rings (SSSR count). The van der Waals surface area contributed by atoms with Gasteiger partial charge in [0.1, 0.15) is 12.2 Å². The van der Waals surface area contributed by atoms with Crippen molar-refractivity contribution < 1.29 is 9.59 Å². The highest BCUT2D eigenvalue weighted by molar-refractivity contribution is 6.05. The van der Waals surface area contributed by atoms with E-state index in [0.29, 0.717) is 13.1 Å². The molecule has 2 aromatic rings. The van der Waals surface area contributed by atoms with Crippen LogP contribution in [0.3, 0.4) is 0 Å². The molecule has 136 valence electrons. The molecular weight excluding hydrogens is 332 g/mol. The molecule has 2 amide bonds. The topological polar surface area (TPSA) is 84.3 Å². The van der Waals surface area contributed by atoms with E-state index in [4.69, 9.17) is 0 Å². The normalized spacial score (nSPS) is 12.7. The number of para-hydroxylation sites is 1. The largest absolute Gasteiger partial charge is 0.354 e. The van der Waals surface area contributed by atoms with Crippen LogP contribution in [0.2, 0.25) is 0 Å². The van der Waals surface area contributed by atoms with Crippen LogP contribution in [0.4, 0.5) is 5.69 Å². The molecule has 0 unspecified atom stereocenters. The molecule has 7 nitrogen and oxygen atoms in total. The summed E-state index contributed by atoms with van der Waals surface area (Å²) in [6.45, 7) is 2.98. The molecule has 0 atom stereocenters. The molecule has 0 saturated heterocycles. The van der Waals surface area contributed by atoms with Crippen LogP contribution in [-0.4, -0.2) is 34.7 Å². The lowest BCUT2D eigenvalue weighted by atomic mass is 10.2. The number of aromatic nitrogens is 2. The molecule has 26 heavy (non-hydrogen) atoms. The number of nitrogens with zero attached hydrogens (tertiary/aromatic N) is 3. The number of fused-ring (bicyclic) bond motifs is 1. The lowest BCUT2D eigenvalue weighted by molar-refractivity contribution is -0.121. The molecule has 1 N–H and O–H groups in total. The van der Waals surface area contributed by atoms with Gasteiger partial charge in [0.15, 0.2) is 0 Å². The molecule has 0 aliphatic carbocycles. The molecule has 0 spiro atoms. The summed E-state index contributed by atoms with van der Waals surface area (Å²) in [7, 11) is 0. The lowest BCUT2D eigenvalue weighted by Crippen LogP contribution is -2.36. The maximum absolute atomic E-state index is 12.8. The van der Waals surface area contributed by atoms with Crippen molar-refractivity contribution in [2.75, 3.05) is 18.0 Å². The van der Waals surface area contributed by atoms with E-state index in [1.807, 2.05) is 31.2 Å². The highest BCUT2D eigenvalue weighted by Gasteiger charge is 2.26. The number of hydrogen-bond acceptors (Lipinski definition) is 4. The Hall–Kier alpha value is -2.96. The average Bonchev–Trinajstić information content (AvgIpc) is 3.07. The Labute approximate surface area is 151 Å². The van der Waals surface area contributed by atoms with E-state index in [-0.39, 0.29) is 24.1 Å². The Morgan fingerprint density at radius 1 is 1.19 bits per heavy atom. The van der Waals surface area contributed by atoms with E-state index < -0.39 is 5.56 Å². The Bertz CT molecular complexity index is 875. The Morgan fingerprint density at radius 3 is 2.81 bits per heavy atom. The van der Waals surface area contributed by atoms with Crippen molar-refractivity contribution in [1.82, 2.24) is 15.1 Å². The third-order valence-corrected chi connectivity index (χ3v) is 4.36. The second-order valence-electron chi connectivity index (χ2n) is 6.25. The number of anilines is 1. The number of amides is 2. The summed E-state index contributed by atoms with van der Waals surface area (Å²) in [6, 6.07) is 10.4. The minimum atomic E-state index is -0.408. The molecule has 1 aliphatic rings. The summed E-state index contributed by atoms with van der Waals surface area (Å²) in [4.78, 5) is 38.4. The zero-order valence-corrected chi connectivity index (χ0v) is 14.8. The monoisotopic (exact) mass is 354 g/mol. The van der Waals surface area contributed by atoms with Gasteiger partial charge in [0.05, 0.1) is 0 Å². The number of unbranched alkanes of at least 4 members (excludes halogenated alkanes) is 1. The van der Waals surface area contributed by atoms with Gasteiger partial charge in [-0.3, -0.25) is 14.4 Å². The summed E-state index contributed by atoms with van der Waals surface area (Å²) in [5, 5.41) is 6.85. The first kappa shape index (κ1) is 17.8. The van der Waals surface area contributed by atoms with Gasteiger partial charge in [-0.15, -0.1) is 0 Å². The number of nitrogens with one attached hydrogen (secondary N) is 1. The molecule has 1 aliphatic heterocycles. The van der Waals surface area contributed by atoms with Crippen LogP contribution in [0.5, 0.6) is 0 Å². The summed E-state index contributed by atoms with van der Waals surface area (Å²) >= 11 is 0. The number of carbonyl (C=O) groups is 2. The highest BCUT2D eigenvalue weighted by atomic mass is 16.2. The maximum Gasteiger partial charge on any atom is 0.278 e. The summed E-state index contributed by atoms with van der Waals surface area (Å²) in [5.41, 5.74) is 1.73. The average molecular weight is 354 g/mol. The smallest absolute Gasteiger partial charge is 0.278 e. The van der Waals surface area contributed by atoms with Gasteiger partial charge < -0.3 is 10.2 Å². The fraction of sp³-hybridized carbons (Fsp3) is 0.368. The van der Waals surface area contributed by atoms with Crippen LogP contribution in [0.25, 0.3) is 0 Å². The van der Waals surface area contributed by atoms with Gasteiger partial charge in [-0.25, -0.2) is 4.68 Å². The van der Waals surface area contributed by atoms with E-state index in [2.05, 4.69) is 10.4 Å². The first-order chi connectivity index (χ1) is 12.6. The predicted octanol–water partition coefficient (Wildman–Crippen LogP) is 1.36. The van der Waals surface area contributed by atoms with Crippen molar-refractivity contribution >= 4 is 17.5 Å².